The number of hydrogen-bond acceptors (Lipinski definition) is 3. The Morgan fingerprint density at radius 1 is 1.50 bits per heavy atom. The van der Waals surface area contributed by atoms with Gasteiger partial charge in [-0.25, -0.2) is 4.79 Å². The first-order valence-corrected chi connectivity index (χ1v) is 5.22. The van der Waals surface area contributed by atoms with E-state index in [1.165, 1.54) is 11.8 Å². The molecule has 0 amide bonds. The fourth-order valence-corrected chi connectivity index (χ4v) is 2.06. The molecule has 0 bridgehead atoms. The number of aryl methyl sites for hydroxylation is 1. The van der Waals surface area contributed by atoms with Crippen molar-refractivity contribution in [3.05, 3.63) is 29.3 Å². The molecule has 1 aromatic rings. The minimum Gasteiger partial charge on any atom is -0.478 e. The number of thioether (sulfide) groups is 1. The van der Waals surface area contributed by atoms with Gasteiger partial charge >= 0.3 is 5.97 Å². The Labute approximate surface area is 86.8 Å². The molecule has 14 heavy (non-hydrogen) atoms. The van der Waals surface area contributed by atoms with Crippen molar-refractivity contribution in [1.29, 1.82) is 0 Å². The molecule has 0 aliphatic heterocycles. The third kappa shape index (κ3) is 2.49. The molecule has 0 spiro atoms. The van der Waals surface area contributed by atoms with Gasteiger partial charge in [-0.3, -0.25) is 0 Å². The Hall–Kier alpha value is -1.00. The topological polar surface area (TPSA) is 57.5 Å². The van der Waals surface area contributed by atoms with Gasteiger partial charge < -0.3 is 10.2 Å². The molecule has 0 heterocycles. The maximum Gasteiger partial charge on any atom is 0.336 e. The van der Waals surface area contributed by atoms with Gasteiger partial charge in [0.2, 0.25) is 0 Å². The van der Waals surface area contributed by atoms with Gasteiger partial charge in [0, 0.05) is 10.6 Å². The van der Waals surface area contributed by atoms with Crippen LogP contribution in [0.4, 0.5) is 0 Å². The lowest BCUT2D eigenvalue weighted by atomic mass is 10.1. The highest BCUT2D eigenvalue weighted by Gasteiger charge is 2.11. The lowest BCUT2D eigenvalue weighted by molar-refractivity contribution is 0.0693. The summed E-state index contributed by atoms with van der Waals surface area (Å²) in [4.78, 5) is 11.6. The summed E-state index contributed by atoms with van der Waals surface area (Å²) < 4.78 is 0. The molecule has 4 heteroatoms. The highest BCUT2D eigenvalue weighted by Crippen LogP contribution is 2.26. The number of aliphatic hydroxyl groups is 1. The average molecular weight is 212 g/mol. The summed E-state index contributed by atoms with van der Waals surface area (Å²) in [5, 5.41) is 17.6. The molecule has 0 aliphatic carbocycles. The number of carboxylic acids is 1. The van der Waals surface area contributed by atoms with E-state index in [4.69, 9.17) is 10.2 Å². The van der Waals surface area contributed by atoms with Gasteiger partial charge in [0.05, 0.1) is 12.2 Å². The molecule has 0 aromatic heterocycles. The summed E-state index contributed by atoms with van der Waals surface area (Å²) in [6, 6.07) is 5.17. The second-order valence-corrected chi connectivity index (χ2v) is 3.93. The van der Waals surface area contributed by atoms with E-state index in [9.17, 15) is 4.79 Å². The number of aromatic carboxylic acids is 1. The van der Waals surface area contributed by atoms with Crippen molar-refractivity contribution in [2.24, 2.45) is 0 Å². The molecule has 0 radical (unpaired) electrons. The van der Waals surface area contributed by atoms with Crippen LogP contribution in [0.25, 0.3) is 0 Å². The predicted octanol–water partition coefficient (Wildman–Crippen LogP) is 1.78. The molecule has 3 nitrogen and oxygen atoms in total. The van der Waals surface area contributed by atoms with Gasteiger partial charge in [-0.05, 0) is 18.6 Å². The molecule has 2 N–H and O–H groups in total. The number of hydrogen-bond donors (Lipinski definition) is 2. The number of rotatable bonds is 4. The van der Waals surface area contributed by atoms with Crippen LogP contribution in [-0.4, -0.2) is 28.5 Å². The van der Waals surface area contributed by atoms with E-state index in [1.807, 2.05) is 13.0 Å². The first-order valence-electron chi connectivity index (χ1n) is 4.23. The van der Waals surface area contributed by atoms with Crippen molar-refractivity contribution in [2.75, 3.05) is 12.4 Å². The SMILES string of the molecule is Cc1cccc(C(=O)O)c1SCCO. The van der Waals surface area contributed by atoms with Gasteiger partial charge in [0.15, 0.2) is 0 Å². The number of aliphatic hydroxyl groups excluding tert-OH is 1. The average Bonchev–Trinajstić information content (AvgIpc) is 2.15. The minimum absolute atomic E-state index is 0.0536. The second kappa shape index (κ2) is 5.02. The Morgan fingerprint density at radius 3 is 2.79 bits per heavy atom. The van der Waals surface area contributed by atoms with E-state index in [0.717, 1.165) is 10.5 Å². The van der Waals surface area contributed by atoms with E-state index in [-0.39, 0.29) is 6.61 Å². The quantitative estimate of drug-likeness (QED) is 0.747. The van der Waals surface area contributed by atoms with E-state index in [1.54, 1.807) is 12.1 Å². The fourth-order valence-electron chi connectivity index (χ4n) is 1.16. The zero-order valence-corrected chi connectivity index (χ0v) is 8.67. The van der Waals surface area contributed by atoms with Crippen LogP contribution in [0.3, 0.4) is 0 Å². The lowest BCUT2D eigenvalue weighted by Gasteiger charge is -2.07. The minimum atomic E-state index is -0.922. The van der Waals surface area contributed by atoms with Crippen LogP contribution >= 0.6 is 11.8 Å². The van der Waals surface area contributed by atoms with E-state index in [0.29, 0.717) is 11.3 Å². The first kappa shape index (κ1) is 11.1. The standard InChI is InChI=1S/C10H12O3S/c1-7-3-2-4-8(10(12)13)9(7)14-6-5-11/h2-4,11H,5-6H2,1H3,(H,12,13). The fraction of sp³-hybridized carbons (Fsp3) is 0.300. The largest absolute Gasteiger partial charge is 0.478 e. The van der Waals surface area contributed by atoms with Crippen LogP contribution in [0.15, 0.2) is 23.1 Å². The molecule has 76 valence electrons. The Kier molecular flexibility index (Phi) is 3.98. The summed E-state index contributed by atoms with van der Waals surface area (Å²) >= 11 is 1.37. The molecule has 1 aromatic carbocycles. The van der Waals surface area contributed by atoms with Crippen molar-refractivity contribution >= 4 is 17.7 Å². The van der Waals surface area contributed by atoms with Gasteiger partial charge in [-0.1, -0.05) is 12.1 Å². The van der Waals surface area contributed by atoms with Crippen molar-refractivity contribution in [3.8, 4) is 0 Å². The molecule has 0 saturated carbocycles. The van der Waals surface area contributed by atoms with Crippen molar-refractivity contribution in [1.82, 2.24) is 0 Å². The third-order valence-corrected chi connectivity index (χ3v) is 3.00. The summed E-state index contributed by atoms with van der Waals surface area (Å²) in [7, 11) is 0. The zero-order chi connectivity index (χ0) is 10.6. The van der Waals surface area contributed by atoms with Crippen LogP contribution < -0.4 is 0 Å². The van der Waals surface area contributed by atoms with Gasteiger partial charge in [-0.15, -0.1) is 11.8 Å². The Bertz CT molecular complexity index is 336. The summed E-state index contributed by atoms with van der Waals surface area (Å²) in [5.41, 5.74) is 1.24. The van der Waals surface area contributed by atoms with Crippen LogP contribution in [0.2, 0.25) is 0 Å². The van der Waals surface area contributed by atoms with Gasteiger partial charge in [0.25, 0.3) is 0 Å². The van der Waals surface area contributed by atoms with Gasteiger partial charge in [-0.2, -0.15) is 0 Å². The summed E-state index contributed by atoms with van der Waals surface area (Å²) in [6.45, 7) is 1.92. The molecule has 0 fully saturated rings. The summed E-state index contributed by atoms with van der Waals surface area (Å²) in [5.74, 6) is -0.403. The van der Waals surface area contributed by atoms with Crippen LogP contribution in [0, 0.1) is 6.92 Å². The Morgan fingerprint density at radius 2 is 2.21 bits per heavy atom. The molecule has 0 aliphatic rings. The highest BCUT2D eigenvalue weighted by atomic mass is 32.2. The molecular weight excluding hydrogens is 200 g/mol. The zero-order valence-electron chi connectivity index (χ0n) is 7.86. The van der Waals surface area contributed by atoms with Gasteiger partial charge in [0.1, 0.15) is 0 Å². The smallest absolute Gasteiger partial charge is 0.336 e. The van der Waals surface area contributed by atoms with Crippen molar-refractivity contribution in [3.63, 3.8) is 0 Å². The van der Waals surface area contributed by atoms with Crippen LogP contribution in [0.5, 0.6) is 0 Å². The van der Waals surface area contributed by atoms with Crippen molar-refractivity contribution in [2.45, 2.75) is 11.8 Å². The van der Waals surface area contributed by atoms with E-state index < -0.39 is 5.97 Å². The number of carbonyl (C=O) groups is 1. The van der Waals surface area contributed by atoms with Crippen LogP contribution in [0.1, 0.15) is 15.9 Å². The highest BCUT2D eigenvalue weighted by molar-refractivity contribution is 7.99. The van der Waals surface area contributed by atoms with Crippen LogP contribution in [-0.2, 0) is 0 Å². The number of benzene rings is 1. The van der Waals surface area contributed by atoms with E-state index in [2.05, 4.69) is 0 Å². The molecule has 1 rings (SSSR count). The van der Waals surface area contributed by atoms with Crippen molar-refractivity contribution < 1.29 is 15.0 Å². The second-order valence-electron chi connectivity index (χ2n) is 2.83. The Balaban J connectivity index is 3.02. The molecular formula is C10H12O3S. The first-order chi connectivity index (χ1) is 6.66. The van der Waals surface area contributed by atoms with E-state index >= 15 is 0 Å². The maximum absolute atomic E-state index is 10.9. The molecule has 0 saturated heterocycles. The monoisotopic (exact) mass is 212 g/mol. The number of carboxylic acid groups (broad SMARTS) is 1. The maximum atomic E-state index is 10.9. The molecule has 0 atom stereocenters. The lowest BCUT2D eigenvalue weighted by Crippen LogP contribution is -2.01. The predicted molar refractivity (Wildman–Crippen MR) is 55.9 cm³/mol. The summed E-state index contributed by atoms with van der Waals surface area (Å²) in [6.07, 6.45) is 0. The molecule has 0 unspecified atom stereocenters. The third-order valence-electron chi connectivity index (χ3n) is 1.78. The normalized spacial score (nSPS) is 10.1.